The van der Waals surface area contributed by atoms with Gasteiger partial charge >= 0.3 is 6.09 Å². The number of hydrogen-bond acceptors (Lipinski definition) is 7. The number of halogens is 1. The fraction of sp³-hybridized carbons (Fsp3) is 0.367. The molecule has 2 heterocycles. The standard InChI is InChI=1S/C30H33FN4O5S/c31-21-16-27(28(37)33-22-4-6-23(7-5-22)34-30(38)39)29(32-17-21)40-25-3-1-2-19(15-25)26-9-8-24(36)14-20(26)18-35-10-12-41-13-11-35/h1-3,8-9,14-17,22-23,34,36H,4-7,10-13,18H2,(H,33,37)(H,38,39)/t22-,23-. The average molecular weight is 581 g/mol. The molecule has 41 heavy (non-hydrogen) atoms. The molecule has 1 saturated heterocycles. The van der Waals surface area contributed by atoms with Crippen molar-refractivity contribution in [2.45, 2.75) is 44.3 Å². The van der Waals surface area contributed by atoms with Gasteiger partial charge in [-0.05, 0) is 72.7 Å². The molecule has 11 heteroatoms. The third-order valence-electron chi connectivity index (χ3n) is 7.40. The monoisotopic (exact) mass is 580 g/mol. The normalized spacial score (nSPS) is 19.3. The highest BCUT2D eigenvalue weighted by Gasteiger charge is 2.25. The van der Waals surface area contributed by atoms with Crippen LogP contribution in [0, 0.1) is 5.82 Å². The van der Waals surface area contributed by atoms with Crippen molar-refractivity contribution >= 4 is 23.8 Å². The summed E-state index contributed by atoms with van der Waals surface area (Å²) in [6.45, 7) is 2.70. The number of phenols is 1. The summed E-state index contributed by atoms with van der Waals surface area (Å²) in [5, 5.41) is 24.5. The van der Waals surface area contributed by atoms with Crippen molar-refractivity contribution in [1.82, 2.24) is 20.5 Å². The maximum Gasteiger partial charge on any atom is 0.404 e. The number of ether oxygens (including phenoxy) is 1. The first-order valence-electron chi connectivity index (χ1n) is 13.7. The van der Waals surface area contributed by atoms with Gasteiger partial charge in [0, 0.05) is 43.2 Å². The number of aromatic nitrogens is 1. The maximum atomic E-state index is 14.2. The zero-order valence-electron chi connectivity index (χ0n) is 22.5. The van der Waals surface area contributed by atoms with Crippen LogP contribution in [0.5, 0.6) is 17.4 Å². The molecule has 9 nitrogen and oxygen atoms in total. The number of benzene rings is 2. The summed E-state index contributed by atoms with van der Waals surface area (Å²) in [4.78, 5) is 30.5. The van der Waals surface area contributed by atoms with E-state index in [0.717, 1.165) is 53.5 Å². The fourth-order valence-electron chi connectivity index (χ4n) is 5.32. The van der Waals surface area contributed by atoms with Gasteiger partial charge in [0.25, 0.3) is 5.91 Å². The van der Waals surface area contributed by atoms with Gasteiger partial charge in [-0.15, -0.1) is 0 Å². The first-order valence-corrected chi connectivity index (χ1v) is 14.9. The Kier molecular flexibility index (Phi) is 9.25. The highest BCUT2D eigenvalue weighted by Crippen LogP contribution is 2.33. The fourth-order valence-corrected chi connectivity index (χ4v) is 6.30. The molecule has 0 unspecified atom stereocenters. The molecule has 2 amide bonds. The molecular formula is C30H33FN4O5S. The Hall–Kier alpha value is -3.83. The number of nitrogens with zero attached hydrogens (tertiary/aromatic N) is 2. The van der Waals surface area contributed by atoms with Gasteiger partial charge in [0.1, 0.15) is 22.9 Å². The van der Waals surface area contributed by atoms with Crippen LogP contribution >= 0.6 is 11.8 Å². The number of thioether (sulfide) groups is 1. The average Bonchev–Trinajstić information content (AvgIpc) is 2.95. The van der Waals surface area contributed by atoms with E-state index < -0.39 is 17.8 Å². The third-order valence-corrected chi connectivity index (χ3v) is 8.34. The van der Waals surface area contributed by atoms with Crippen molar-refractivity contribution in [3.63, 3.8) is 0 Å². The largest absolute Gasteiger partial charge is 0.508 e. The minimum absolute atomic E-state index is 0.0148. The van der Waals surface area contributed by atoms with E-state index in [1.807, 2.05) is 36.0 Å². The lowest BCUT2D eigenvalue weighted by Crippen LogP contribution is -2.43. The molecule has 2 aliphatic rings. The van der Waals surface area contributed by atoms with E-state index in [0.29, 0.717) is 38.0 Å². The molecule has 4 N–H and O–H groups in total. The minimum atomic E-state index is -1.06. The van der Waals surface area contributed by atoms with E-state index in [4.69, 9.17) is 9.84 Å². The number of nitrogens with one attached hydrogen (secondary N) is 2. The number of carboxylic acid groups (broad SMARTS) is 1. The molecule has 1 aliphatic carbocycles. The lowest BCUT2D eigenvalue weighted by molar-refractivity contribution is 0.0919. The van der Waals surface area contributed by atoms with Crippen LogP contribution in [0.1, 0.15) is 41.6 Å². The first-order chi connectivity index (χ1) is 19.8. The highest BCUT2D eigenvalue weighted by atomic mass is 32.2. The van der Waals surface area contributed by atoms with Crippen molar-refractivity contribution in [1.29, 1.82) is 0 Å². The molecule has 216 valence electrons. The zero-order chi connectivity index (χ0) is 28.8. The molecule has 1 aliphatic heterocycles. The topological polar surface area (TPSA) is 124 Å². The third kappa shape index (κ3) is 7.68. The summed E-state index contributed by atoms with van der Waals surface area (Å²) < 4.78 is 20.2. The van der Waals surface area contributed by atoms with E-state index in [2.05, 4.69) is 20.5 Å². The lowest BCUT2D eigenvalue weighted by Gasteiger charge is -2.29. The van der Waals surface area contributed by atoms with Gasteiger partial charge in [0.2, 0.25) is 5.88 Å². The molecule has 1 aromatic heterocycles. The van der Waals surface area contributed by atoms with Crippen LogP contribution in [0.25, 0.3) is 11.1 Å². The molecular weight excluding hydrogens is 547 g/mol. The predicted octanol–water partition coefficient (Wildman–Crippen LogP) is 5.24. The van der Waals surface area contributed by atoms with Gasteiger partial charge < -0.3 is 25.6 Å². The number of phenolic OH excluding ortho intramolecular Hbond substituents is 1. The molecule has 2 aromatic carbocycles. The van der Waals surface area contributed by atoms with Crippen molar-refractivity contribution < 1.29 is 28.9 Å². The second-order valence-electron chi connectivity index (χ2n) is 10.3. The number of carbonyl (C=O) groups excluding carboxylic acids is 1. The minimum Gasteiger partial charge on any atom is -0.508 e. The van der Waals surface area contributed by atoms with E-state index in [9.17, 15) is 19.1 Å². The highest BCUT2D eigenvalue weighted by molar-refractivity contribution is 7.99. The Morgan fingerprint density at radius 1 is 1.02 bits per heavy atom. The molecule has 2 fully saturated rings. The number of aromatic hydroxyl groups is 1. The molecule has 1 saturated carbocycles. The summed E-state index contributed by atoms with van der Waals surface area (Å²) in [5.41, 5.74) is 2.82. The lowest BCUT2D eigenvalue weighted by atomic mass is 9.91. The molecule has 0 radical (unpaired) electrons. The summed E-state index contributed by atoms with van der Waals surface area (Å²) in [7, 11) is 0. The van der Waals surface area contributed by atoms with Crippen molar-refractivity contribution in [2.24, 2.45) is 0 Å². The Morgan fingerprint density at radius 3 is 2.49 bits per heavy atom. The van der Waals surface area contributed by atoms with Crippen LogP contribution in [-0.4, -0.2) is 68.8 Å². The Labute approximate surface area is 242 Å². The van der Waals surface area contributed by atoms with Gasteiger partial charge in [-0.1, -0.05) is 18.2 Å². The zero-order valence-corrected chi connectivity index (χ0v) is 23.3. The van der Waals surface area contributed by atoms with Crippen molar-refractivity contribution in [3.05, 3.63) is 71.7 Å². The van der Waals surface area contributed by atoms with Crippen molar-refractivity contribution in [2.75, 3.05) is 24.6 Å². The van der Waals surface area contributed by atoms with Gasteiger partial charge in [0.05, 0.1) is 6.20 Å². The van der Waals surface area contributed by atoms with E-state index in [1.54, 1.807) is 18.2 Å². The van der Waals surface area contributed by atoms with E-state index >= 15 is 0 Å². The van der Waals surface area contributed by atoms with Gasteiger partial charge in [-0.3, -0.25) is 9.69 Å². The first kappa shape index (κ1) is 28.7. The summed E-state index contributed by atoms with van der Waals surface area (Å²) in [5.74, 6) is 1.64. The maximum absolute atomic E-state index is 14.2. The molecule has 0 spiro atoms. The Balaban J connectivity index is 1.32. The van der Waals surface area contributed by atoms with Crippen LogP contribution in [0.15, 0.2) is 54.7 Å². The van der Waals surface area contributed by atoms with Crippen LogP contribution < -0.4 is 15.4 Å². The quantitative estimate of drug-likeness (QED) is 0.285. The molecule has 0 atom stereocenters. The Bertz CT molecular complexity index is 1390. The molecule has 0 bridgehead atoms. The van der Waals surface area contributed by atoms with E-state index in [-0.39, 0.29) is 29.3 Å². The van der Waals surface area contributed by atoms with Gasteiger partial charge in [-0.2, -0.15) is 11.8 Å². The van der Waals surface area contributed by atoms with Crippen LogP contribution in [-0.2, 0) is 6.54 Å². The smallest absolute Gasteiger partial charge is 0.404 e. The second kappa shape index (κ2) is 13.2. The molecule has 3 aromatic rings. The number of rotatable bonds is 8. The molecule has 5 rings (SSSR count). The Morgan fingerprint density at radius 2 is 1.76 bits per heavy atom. The number of pyridine rings is 1. The summed E-state index contributed by atoms with van der Waals surface area (Å²) in [6, 6.07) is 13.5. The van der Waals surface area contributed by atoms with Gasteiger partial charge in [0.15, 0.2) is 0 Å². The number of hydrogen-bond donors (Lipinski definition) is 4. The SMILES string of the molecule is O=C(O)N[C@H]1CC[C@H](NC(=O)c2cc(F)cnc2Oc2cccc(-c3ccc(O)cc3CN3CCSCC3)c2)CC1. The van der Waals surface area contributed by atoms with Crippen LogP contribution in [0.2, 0.25) is 0 Å². The number of amides is 2. The van der Waals surface area contributed by atoms with Crippen LogP contribution in [0.3, 0.4) is 0 Å². The van der Waals surface area contributed by atoms with Crippen molar-refractivity contribution in [3.8, 4) is 28.5 Å². The van der Waals surface area contributed by atoms with Crippen LogP contribution in [0.4, 0.5) is 9.18 Å². The predicted molar refractivity (Wildman–Crippen MR) is 155 cm³/mol. The van der Waals surface area contributed by atoms with Gasteiger partial charge in [-0.25, -0.2) is 14.2 Å². The second-order valence-corrected chi connectivity index (χ2v) is 11.6. The summed E-state index contributed by atoms with van der Waals surface area (Å²) in [6.07, 6.45) is 2.35. The number of carbonyl (C=O) groups is 2. The van der Waals surface area contributed by atoms with E-state index in [1.165, 1.54) is 0 Å². The summed E-state index contributed by atoms with van der Waals surface area (Å²) >= 11 is 1.94.